The van der Waals surface area contributed by atoms with Gasteiger partial charge in [-0.1, -0.05) is 182 Å². The lowest BCUT2D eigenvalue weighted by Gasteiger charge is -2.12. The predicted molar refractivity (Wildman–Crippen MR) is 247 cm³/mol. The second-order valence-corrected chi connectivity index (χ2v) is 15.7. The molecule has 0 atom stereocenters. The van der Waals surface area contributed by atoms with Gasteiger partial charge in [-0.25, -0.2) is 4.98 Å². The highest BCUT2D eigenvalue weighted by molar-refractivity contribution is 7.24. The Morgan fingerprint density at radius 2 is 0.828 bits per heavy atom. The van der Waals surface area contributed by atoms with E-state index in [1.807, 2.05) is 11.3 Å². The fraction of sp³-hybridized carbons (Fsp3) is 0. The Kier molecular flexibility index (Phi) is 8.38. The highest BCUT2D eigenvalue weighted by Crippen LogP contribution is 2.49. The first kappa shape index (κ1) is 34.0. The summed E-state index contributed by atoms with van der Waals surface area (Å²) in [6.07, 6.45) is 0. The normalized spacial score (nSPS) is 11.4. The number of benzene rings is 8. The van der Waals surface area contributed by atoms with Crippen LogP contribution in [0.2, 0.25) is 0 Å². The summed E-state index contributed by atoms with van der Waals surface area (Å²) in [7, 11) is 0. The molecule has 0 fully saturated rings. The molecular formula is C55H36N2S. The summed E-state index contributed by atoms with van der Waals surface area (Å²) in [5.41, 5.74) is 16.1. The maximum atomic E-state index is 5.25. The Bertz CT molecular complexity index is 3220. The molecule has 11 aromatic rings. The van der Waals surface area contributed by atoms with Gasteiger partial charge >= 0.3 is 0 Å². The van der Waals surface area contributed by atoms with Crippen LogP contribution in [0.15, 0.2) is 218 Å². The van der Waals surface area contributed by atoms with E-state index in [4.69, 9.17) is 4.98 Å². The minimum atomic E-state index is 0.944. The van der Waals surface area contributed by atoms with Gasteiger partial charge in [-0.3, -0.25) is 0 Å². The predicted octanol–water partition coefficient (Wildman–Crippen LogP) is 15.4. The van der Waals surface area contributed by atoms with Gasteiger partial charge in [-0.15, -0.1) is 11.3 Å². The number of hydrogen-bond donors (Lipinski definition) is 0. The molecule has 0 aliphatic carbocycles. The van der Waals surface area contributed by atoms with E-state index >= 15 is 0 Å². The lowest BCUT2D eigenvalue weighted by molar-refractivity contribution is 1.18. The van der Waals surface area contributed by atoms with Gasteiger partial charge in [0.1, 0.15) is 0 Å². The second-order valence-electron chi connectivity index (χ2n) is 14.7. The molecule has 58 heavy (non-hydrogen) atoms. The van der Waals surface area contributed by atoms with Crippen LogP contribution >= 0.6 is 11.3 Å². The minimum Gasteiger partial charge on any atom is -0.309 e. The zero-order valence-electron chi connectivity index (χ0n) is 31.6. The maximum Gasteiger partial charge on any atom is 0.0715 e. The summed E-state index contributed by atoms with van der Waals surface area (Å²) in [5, 5.41) is 3.84. The monoisotopic (exact) mass is 756 g/mol. The van der Waals surface area contributed by atoms with Crippen molar-refractivity contribution in [2.75, 3.05) is 0 Å². The molecular weight excluding hydrogens is 721 g/mol. The molecule has 0 unspecified atom stereocenters. The first-order chi connectivity index (χ1) is 28.8. The smallest absolute Gasteiger partial charge is 0.0715 e. The average Bonchev–Trinajstić information content (AvgIpc) is 3.87. The number of pyridine rings is 1. The number of hydrogen-bond acceptors (Lipinski definition) is 2. The van der Waals surface area contributed by atoms with Crippen LogP contribution in [0, 0.1) is 0 Å². The molecule has 0 bridgehead atoms. The van der Waals surface area contributed by atoms with Crippen molar-refractivity contribution in [3.8, 4) is 72.0 Å². The molecule has 0 aliphatic heterocycles. The van der Waals surface area contributed by atoms with E-state index < -0.39 is 0 Å². The molecule has 3 aromatic heterocycles. The van der Waals surface area contributed by atoms with Gasteiger partial charge in [0.05, 0.1) is 22.4 Å². The molecule has 11 rings (SSSR count). The zero-order chi connectivity index (χ0) is 38.4. The molecule has 2 nitrogen and oxygen atoms in total. The van der Waals surface area contributed by atoms with Crippen molar-refractivity contribution in [1.82, 2.24) is 9.55 Å². The molecule has 0 aliphatic rings. The first-order valence-corrected chi connectivity index (χ1v) is 20.5. The molecule has 0 radical (unpaired) electrons. The van der Waals surface area contributed by atoms with E-state index in [-0.39, 0.29) is 0 Å². The Labute approximate surface area is 341 Å². The van der Waals surface area contributed by atoms with Crippen LogP contribution < -0.4 is 0 Å². The highest BCUT2D eigenvalue weighted by Gasteiger charge is 2.21. The van der Waals surface area contributed by atoms with Crippen molar-refractivity contribution in [2.45, 2.75) is 0 Å². The topological polar surface area (TPSA) is 17.8 Å². The van der Waals surface area contributed by atoms with Gasteiger partial charge in [-0.05, 0) is 69.8 Å². The molecule has 8 aromatic carbocycles. The number of para-hydroxylation sites is 1. The van der Waals surface area contributed by atoms with Crippen LogP contribution in [0.4, 0.5) is 0 Å². The van der Waals surface area contributed by atoms with E-state index in [1.165, 1.54) is 64.6 Å². The summed E-state index contributed by atoms with van der Waals surface area (Å²) in [6.45, 7) is 0. The van der Waals surface area contributed by atoms with E-state index in [9.17, 15) is 0 Å². The molecule has 0 spiro atoms. The van der Waals surface area contributed by atoms with Crippen LogP contribution in [0.1, 0.15) is 0 Å². The quantitative estimate of drug-likeness (QED) is 0.158. The third-order valence-corrected chi connectivity index (χ3v) is 12.5. The Hall–Kier alpha value is -7.33. The number of rotatable bonds is 7. The van der Waals surface area contributed by atoms with Gasteiger partial charge in [0.2, 0.25) is 0 Å². The summed E-state index contributed by atoms with van der Waals surface area (Å²) in [6, 6.07) is 78.4. The van der Waals surface area contributed by atoms with Crippen molar-refractivity contribution in [3.05, 3.63) is 218 Å². The molecule has 272 valence electrons. The van der Waals surface area contributed by atoms with Crippen LogP contribution in [0.25, 0.3) is 104 Å². The SMILES string of the molecule is c1ccc(-c2ccc(-c3cc(-c4ccccc4)nc(-c4ccc(-n5c6ccccc6c6c7sc(-c8ccccc8)c(-c8ccccc8)c7ccc65)cc4)c3)cc2)cc1. The third kappa shape index (κ3) is 5.92. The van der Waals surface area contributed by atoms with Gasteiger partial charge < -0.3 is 4.57 Å². The molecule has 0 saturated heterocycles. The lowest BCUT2D eigenvalue weighted by Crippen LogP contribution is -1.95. The number of thiophene rings is 1. The third-order valence-electron chi connectivity index (χ3n) is 11.2. The standard InChI is InChI=1S/C55H36N2S/c1-5-15-37(16-6-1)38-25-27-39(28-26-38)44-35-48(40-17-7-2-8-18-40)56-49(36-44)41-29-31-45(32-30-41)57-50-24-14-13-23-46(50)53-51(57)34-33-47-52(42-19-9-3-10-20-42)54(58-55(47)53)43-21-11-4-12-22-43/h1-36H. The molecule has 0 amide bonds. The van der Waals surface area contributed by atoms with E-state index in [0.717, 1.165) is 39.3 Å². The zero-order valence-corrected chi connectivity index (χ0v) is 32.4. The molecule has 3 heteroatoms. The number of fused-ring (bicyclic) bond motifs is 5. The molecule has 0 N–H and O–H groups in total. The lowest BCUT2D eigenvalue weighted by atomic mass is 9.97. The van der Waals surface area contributed by atoms with E-state index in [1.54, 1.807) is 0 Å². The summed E-state index contributed by atoms with van der Waals surface area (Å²) < 4.78 is 3.74. The molecule has 0 saturated carbocycles. The summed E-state index contributed by atoms with van der Waals surface area (Å²) in [5.74, 6) is 0. The first-order valence-electron chi connectivity index (χ1n) is 19.7. The van der Waals surface area contributed by atoms with Crippen LogP contribution in [0.5, 0.6) is 0 Å². The van der Waals surface area contributed by atoms with Gasteiger partial charge in [0, 0.05) is 48.1 Å². The largest absolute Gasteiger partial charge is 0.309 e. The van der Waals surface area contributed by atoms with E-state index in [2.05, 4.69) is 223 Å². The second kappa shape index (κ2) is 14.3. The average molecular weight is 757 g/mol. The summed E-state index contributed by atoms with van der Waals surface area (Å²) >= 11 is 1.90. The number of nitrogens with zero attached hydrogens (tertiary/aromatic N) is 2. The number of aromatic nitrogens is 2. The van der Waals surface area contributed by atoms with Gasteiger partial charge in [0.25, 0.3) is 0 Å². The van der Waals surface area contributed by atoms with Crippen molar-refractivity contribution < 1.29 is 0 Å². The van der Waals surface area contributed by atoms with E-state index in [0.29, 0.717) is 0 Å². The molecule has 3 heterocycles. The minimum absolute atomic E-state index is 0.944. The fourth-order valence-electron chi connectivity index (χ4n) is 8.44. The maximum absolute atomic E-state index is 5.25. The summed E-state index contributed by atoms with van der Waals surface area (Å²) in [4.78, 5) is 6.54. The van der Waals surface area contributed by atoms with Gasteiger partial charge in [0.15, 0.2) is 0 Å². The Morgan fingerprint density at radius 3 is 1.47 bits per heavy atom. The Morgan fingerprint density at radius 1 is 0.345 bits per heavy atom. The van der Waals surface area contributed by atoms with Crippen LogP contribution in [0.3, 0.4) is 0 Å². The van der Waals surface area contributed by atoms with Crippen LogP contribution in [-0.4, -0.2) is 9.55 Å². The van der Waals surface area contributed by atoms with Crippen LogP contribution in [-0.2, 0) is 0 Å². The van der Waals surface area contributed by atoms with Crippen molar-refractivity contribution in [3.63, 3.8) is 0 Å². The van der Waals surface area contributed by atoms with Gasteiger partial charge in [-0.2, -0.15) is 0 Å². The highest BCUT2D eigenvalue weighted by atomic mass is 32.1. The van der Waals surface area contributed by atoms with Crippen molar-refractivity contribution >= 4 is 43.2 Å². The fourth-order valence-corrected chi connectivity index (χ4v) is 9.82. The van der Waals surface area contributed by atoms with Crippen molar-refractivity contribution in [2.24, 2.45) is 0 Å². The Balaban J connectivity index is 1.04. The van der Waals surface area contributed by atoms with Crippen molar-refractivity contribution in [1.29, 1.82) is 0 Å².